The summed E-state index contributed by atoms with van der Waals surface area (Å²) < 4.78 is 5.02. The number of aliphatic hydroxyl groups excluding tert-OH is 1. The number of methoxy groups -OCH3 is 1. The van der Waals surface area contributed by atoms with Gasteiger partial charge in [0, 0.05) is 0 Å². The molecule has 1 aliphatic rings. The molecule has 0 saturated carbocycles. The van der Waals surface area contributed by atoms with Gasteiger partial charge in [0.05, 0.1) is 25.8 Å². The number of amides is 2. The zero-order valence-corrected chi connectivity index (χ0v) is 9.92. The van der Waals surface area contributed by atoms with Gasteiger partial charge in [-0.15, -0.1) is 0 Å². The van der Waals surface area contributed by atoms with E-state index in [1.807, 2.05) is 6.07 Å². The SMILES string of the molecule is COC1=C(c2ccccc2)C(=O)N(CCO)C1=O. The van der Waals surface area contributed by atoms with Gasteiger partial charge in [0.15, 0.2) is 5.76 Å². The molecule has 5 nitrogen and oxygen atoms in total. The van der Waals surface area contributed by atoms with Crippen molar-refractivity contribution in [1.29, 1.82) is 0 Å². The lowest BCUT2D eigenvalue weighted by Crippen LogP contribution is -2.34. The molecule has 0 spiro atoms. The number of hydrogen-bond acceptors (Lipinski definition) is 4. The molecule has 1 heterocycles. The first-order valence-corrected chi connectivity index (χ1v) is 5.51. The third-order valence-corrected chi connectivity index (χ3v) is 2.72. The van der Waals surface area contributed by atoms with Gasteiger partial charge in [-0.2, -0.15) is 0 Å². The maximum atomic E-state index is 12.1. The van der Waals surface area contributed by atoms with E-state index < -0.39 is 11.8 Å². The number of benzene rings is 1. The summed E-state index contributed by atoms with van der Waals surface area (Å²) in [6, 6.07) is 8.86. The van der Waals surface area contributed by atoms with Crippen LogP contribution in [-0.2, 0) is 14.3 Å². The van der Waals surface area contributed by atoms with Crippen LogP contribution < -0.4 is 0 Å². The Kier molecular flexibility index (Phi) is 3.43. The quantitative estimate of drug-likeness (QED) is 0.782. The van der Waals surface area contributed by atoms with Gasteiger partial charge >= 0.3 is 0 Å². The summed E-state index contributed by atoms with van der Waals surface area (Å²) in [6.45, 7) is -0.294. The average Bonchev–Trinajstić information content (AvgIpc) is 2.64. The smallest absolute Gasteiger partial charge is 0.296 e. The molecule has 0 aliphatic carbocycles. The van der Waals surface area contributed by atoms with Crippen LogP contribution >= 0.6 is 0 Å². The van der Waals surface area contributed by atoms with Crippen molar-refractivity contribution in [3.63, 3.8) is 0 Å². The highest BCUT2D eigenvalue weighted by atomic mass is 16.5. The van der Waals surface area contributed by atoms with E-state index in [0.29, 0.717) is 5.56 Å². The van der Waals surface area contributed by atoms with Gasteiger partial charge in [0.2, 0.25) is 0 Å². The van der Waals surface area contributed by atoms with Crippen LogP contribution in [0.5, 0.6) is 0 Å². The molecule has 0 saturated heterocycles. The second-order valence-electron chi connectivity index (χ2n) is 3.76. The molecule has 0 unspecified atom stereocenters. The van der Waals surface area contributed by atoms with E-state index in [2.05, 4.69) is 0 Å². The number of hydrogen-bond donors (Lipinski definition) is 1. The molecule has 0 radical (unpaired) electrons. The predicted octanol–water partition coefficient (Wildman–Crippen LogP) is 0.405. The van der Waals surface area contributed by atoms with Gasteiger partial charge in [0.25, 0.3) is 11.8 Å². The van der Waals surface area contributed by atoms with E-state index in [1.165, 1.54) is 7.11 Å². The van der Waals surface area contributed by atoms with E-state index in [9.17, 15) is 9.59 Å². The van der Waals surface area contributed by atoms with E-state index in [4.69, 9.17) is 9.84 Å². The number of ether oxygens (including phenoxy) is 1. The van der Waals surface area contributed by atoms with Gasteiger partial charge in [-0.3, -0.25) is 14.5 Å². The van der Waals surface area contributed by atoms with Crippen LogP contribution in [0, 0.1) is 0 Å². The first-order chi connectivity index (χ1) is 8.70. The van der Waals surface area contributed by atoms with E-state index in [-0.39, 0.29) is 24.5 Å². The Morgan fingerprint density at radius 2 is 1.83 bits per heavy atom. The average molecular weight is 247 g/mol. The van der Waals surface area contributed by atoms with Gasteiger partial charge in [-0.1, -0.05) is 30.3 Å². The molecule has 1 N–H and O–H groups in total. The van der Waals surface area contributed by atoms with Crippen molar-refractivity contribution in [3.05, 3.63) is 41.7 Å². The summed E-state index contributed by atoms with van der Waals surface area (Å²) in [5.74, 6) is -0.910. The Labute approximate surface area is 104 Å². The summed E-state index contributed by atoms with van der Waals surface area (Å²) in [6.07, 6.45) is 0. The molecule has 0 fully saturated rings. The molecule has 1 aromatic rings. The molecule has 0 bridgehead atoms. The predicted molar refractivity (Wildman–Crippen MR) is 64.2 cm³/mol. The molecule has 0 atom stereocenters. The third kappa shape index (κ3) is 1.89. The van der Waals surface area contributed by atoms with Crippen molar-refractivity contribution in [2.75, 3.05) is 20.3 Å². The van der Waals surface area contributed by atoms with Crippen molar-refractivity contribution in [3.8, 4) is 0 Å². The largest absolute Gasteiger partial charge is 0.490 e. The number of aliphatic hydroxyl groups is 1. The van der Waals surface area contributed by atoms with Crippen molar-refractivity contribution in [1.82, 2.24) is 4.90 Å². The Morgan fingerprint density at radius 1 is 1.17 bits per heavy atom. The zero-order valence-electron chi connectivity index (χ0n) is 9.92. The molecule has 5 heteroatoms. The van der Waals surface area contributed by atoms with Crippen LogP contribution in [0.3, 0.4) is 0 Å². The Hall–Kier alpha value is -2.14. The fourth-order valence-electron chi connectivity index (χ4n) is 1.91. The lowest BCUT2D eigenvalue weighted by molar-refractivity contribution is -0.138. The van der Waals surface area contributed by atoms with Crippen LogP contribution in [0.4, 0.5) is 0 Å². The first-order valence-electron chi connectivity index (χ1n) is 5.51. The topological polar surface area (TPSA) is 66.8 Å². The molecule has 2 amide bonds. The zero-order chi connectivity index (χ0) is 13.1. The highest BCUT2D eigenvalue weighted by Crippen LogP contribution is 2.29. The minimum absolute atomic E-state index is 0.0269. The van der Waals surface area contributed by atoms with Crippen molar-refractivity contribution in [2.24, 2.45) is 0 Å². The van der Waals surface area contributed by atoms with E-state index in [1.54, 1.807) is 24.3 Å². The normalized spacial score (nSPS) is 15.6. The van der Waals surface area contributed by atoms with Crippen LogP contribution in [0.25, 0.3) is 5.57 Å². The summed E-state index contributed by atoms with van der Waals surface area (Å²) >= 11 is 0. The first kappa shape index (κ1) is 12.3. The number of nitrogens with zero attached hydrogens (tertiary/aromatic N) is 1. The second kappa shape index (κ2) is 5.01. The number of imide groups is 1. The van der Waals surface area contributed by atoms with Crippen LogP contribution in [0.1, 0.15) is 5.56 Å². The molecule has 94 valence electrons. The standard InChI is InChI=1S/C13H13NO4/c1-18-11-10(9-5-3-2-4-6-9)12(16)14(7-8-15)13(11)17/h2-6,15H,7-8H2,1H3. The van der Waals surface area contributed by atoms with Crippen LogP contribution in [0.2, 0.25) is 0 Å². The number of rotatable bonds is 4. The maximum Gasteiger partial charge on any atom is 0.296 e. The maximum absolute atomic E-state index is 12.1. The molecule has 2 rings (SSSR count). The van der Waals surface area contributed by atoms with Gasteiger partial charge in [-0.25, -0.2) is 0 Å². The molecule has 0 aromatic heterocycles. The Balaban J connectivity index is 2.46. The van der Waals surface area contributed by atoms with Gasteiger partial charge in [0.1, 0.15) is 0 Å². The third-order valence-electron chi connectivity index (χ3n) is 2.72. The number of β-amino-alcohol motifs (C(OH)–C–C–N with tert-alkyl or cyclic N) is 1. The van der Waals surface area contributed by atoms with Crippen LogP contribution in [-0.4, -0.2) is 42.1 Å². The summed E-state index contributed by atoms with van der Waals surface area (Å²) in [7, 11) is 1.35. The van der Waals surface area contributed by atoms with Crippen molar-refractivity contribution in [2.45, 2.75) is 0 Å². The number of carbonyl (C=O) groups excluding carboxylic acids is 2. The highest BCUT2D eigenvalue weighted by Gasteiger charge is 2.39. The highest BCUT2D eigenvalue weighted by molar-refractivity contribution is 6.35. The van der Waals surface area contributed by atoms with Gasteiger partial charge in [-0.05, 0) is 5.56 Å². The monoisotopic (exact) mass is 247 g/mol. The minimum atomic E-state index is -0.504. The summed E-state index contributed by atoms with van der Waals surface area (Å²) in [5.41, 5.74) is 0.879. The molecule has 1 aliphatic heterocycles. The van der Waals surface area contributed by atoms with E-state index >= 15 is 0 Å². The Morgan fingerprint density at radius 3 is 2.39 bits per heavy atom. The molecule has 1 aromatic carbocycles. The molecular formula is C13H13NO4. The van der Waals surface area contributed by atoms with Crippen molar-refractivity contribution < 1.29 is 19.4 Å². The minimum Gasteiger partial charge on any atom is -0.490 e. The molecular weight excluding hydrogens is 234 g/mol. The lowest BCUT2D eigenvalue weighted by Gasteiger charge is -2.12. The van der Waals surface area contributed by atoms with Crippen molar-refractivity contribution >= 4 is 17.4 Å². The van der Waals surface area contributed by atoms with E-state index in [0.717, 1.165) is 4.90 Å². The number of carbonyl (C=O) groups is 2. The summed E-state index contributed by atoms with van der Waals surface area (Å²) in [4.78, 5) is 25.1. The lowest BCUT2D eigenvalue weighted by atomic mass is 10.1. The fraction of sp³-hybridized carbons (Fsp3) is 0.231. The summed E-state index contributed by atoms with van der Waals surface area (Å²) in [5, 5.41) is 8.87. The fourth-order valence-corrected chi connectivity index (χ4v) is 1.91. The molecule has 18 heavy (non-hydrogen) atoms. The second-order valence-corrected chi connectivity index (χ2v) is 3.76. The Bertz CT molecular complexity index is 507. The van der Waals surface area contributed by atoms with Crippen LogP contribution in [0.15, 0.2) is 36.1 Å². The van der Waals surface area contributed by atoms with Gasteiger partial charge < -0.3 is 9.84 Å².